The summed E-state index contributed by atoms with van der Waals surface area (Å²) in [7, 11) is -0.883. The predicted molar refractivity (Wildman–Crippen MR) is 74.9 cm³/mol. The third-order valence-electron chi connectivity index (χ3n) is 2.40. The topological polar surface area (TPSA) is 9.23 Å². The van der Waals surface area contributed by atoms with Gasteiger partial charge in [0.15, 0.2) is 0 Å². The second-order valence-electron chi connectivity index (χ2n) is 5.41. The van der Waals surface area contributed by atoms with E-state index in [2.05, 4.69) is 49.8 Å². The van der Waals surface area contributed by atoms with Crippen molar-refractivity contribution in [2.24, 2.45) is 5.41 Å². The molecule has 0 aromatic heterocycles. The average molecular weight is 318 g/mol. The summed E-state index contributed by atoms with van der Waals surface area (Å²) < 4.78 is 20.8. The lowest BCUT2D eigenvalue weighted by molar-refractivity contribution is 0.0825. The first-order chi connectivity index (χ1) is 7.73. The van der Waals surface area contributed by atoms with E-state index in [1.165, 1.54) is 6.07 Å². The predicted octanol–water partition coefficient (Wildman–Crippen LogP) is 4.94. The Labute approximate surface area is 113 Å². The van der Waals surface area contributed by atoms with Crippen LogP contribution in [-0.2, 0) is 4.43 Å². The lowest BCUT2D eigenvalue weighted by Gasteiger charge is -2.33. The van der Waals surface area contributed by atoms with Gasteiger partial charge in [0.25, 0.3) is 0 Å². The number of benzene rings is 1. The second-order valence-corrected chi connectivity index (χ2v) is 8.31. The van der Waals surface area contributed by atoms with Crippen LogP contribution in [0.5, 0.6) is 0 Å². The molecule has 0 aliphatic carbocycles. The zero-order chi connectivity index (χ0) is 13.2. The van der Waals surface area contributed by atoms with E-state index in [9.17, 15) is 4.39 Å². The van der Waals surface area contributed by atoms with Gasteiger partial charge in [0, 0.05) is 10.0 Å². The van der Waals surface area contributed by atoms with E-state index in [-0.39, 0.29) is 17.3 Å². The molecule has 1 aromatic carbocycles. The summed E-state index contributed by atoms with van der Waals surface area (Å²) in [5.41, 5.74) is 0.498. The van der Waals surface area contributed by atoms with Crippen molar-refractivity contribution in [2.45, 2.75) is 40.0 Å². The lowest BCUT2D eigenvalue weighted by atomic mass is 9.84. The van der Waals surface area contributed by atoms with E-state index in [1.54, 1.807) is 6.07 Å². The van der Waals surface area contributed by atoms with Crippen molar-refractivity contribution in [3.8, 4) is 0 Å². The Morgan fingerprint density at radius 1 is 1.29 bits per heavy atom. The number of hydrogen-bond acceptors (Lipinski definition) is 1. The minimum atomic E-state index is -0.883. The molecule has 1 atom stereocenters. The smallest absolute Gasteiger partial charge is 0.205 e. The Hall–Kier alpha value is -0.193. The average Bonchev–Trinajstić information content (AvgIpc) is 2.13. The third-order valence-corrected chi connectivity index (χ3v) is 3.80. The summed E-state index contributed by atoms with van der Waals surface area (Å²) in [6.07, 6.45) is -0.220. The van der Waals surface area contributed by atoms with Crippen molar-refractivity contribution in [2.75, 3.05) is 0 Å². The number of rotatable bonds is 3. The molecule has 0 aliphatic rings. The van der Waals surface area contributed by atoms with Gasteiger partial charge in [0.2, 0.25) is 9.04 Å². The van der Waals surface area contributed by atoms with Crippen molar-refractivity contribution < 1.29 is 8.82 Å². The van der Waals surface area contributed by atoms with Gasteiger partial charge in [0.1, 0.15) is 5.82 Å². The minimum absolute atomic E-state index is 0.132. The summed E-state index contributed by atoms with van der Waals surface area (Å²) in [6.45, 7) is 10.3. The van der Waals surface area contributed by atoms with E-state index >= 15 is 0 Å². The van der Waals surface area contributed by atoms with Gasteiger partial charge < -0.3 is 4.43 Å². The van der Waals surface area contributed by atoms with Gasteiger partial charge in [-0.3, -0.25) is 0 Å². The van der Waals surface area contributed by atoms with Crippen LogP contribution in [0.1, 0.15) is 32.4 Å². The highest BCUT2D eigenvalue weighted by Crippen LogP contribution is 2.40. The Balaban J connectivity index is 3.22. The maximum atomic E-state index is 14.0. The molecule has 4 heteroatoms. The number of halogens is 2. The highest BCUT2D eigenvalue weighted by Gasteiger charge is 2.31. The molecule has 1 aromatic rings. The molecule has 95 valence electrons. The van der Waals surface area contributed by atoms with Crippen LogP contribution in [0.25, 0.3) is 0 Å². The quantitative estimate of drug-likeness (QED) is 0.717. The molecule has 17 heavy (non-hydrogen) atoms. The summed E-state index contributed by atoms with van der Waals surface area (Å²) in [5.74, 6) is -0.206. The van der Waals surface area contributed by atoms with Crippen molar-refractivity contribution >= 4 is 25.0 Å². The fourth-order valence-electron chi connectivity index (χ4n) is 1.67. The van der Waals surface area contributed by atoms with Crippen LogP contribution in [0.4, 0.5) is 4.39 Å². The first-order valence-electron chi connectivity index (χ1n) is 5.64. The Morgan fingerprint density at radius 3 is 2.29 bits per heavy atom. The highest BCUT2D eigenvalue weighted by atomic mass is 79.9. The van der Waals surface area contributed by atoms with Crippen LogP contribution in [0.3, 0.4) is 0 Å². The van der Waals surface area contributed by atoms with Gasteiger partial charge in [-0.1, -0.05) is 42.8 Å². The molecule has 0 fully saturated rings. The molecule has 1 rings (SSSR count). The van der Waals surface area contributed by atoms with Crippen molar-refractivity contribution in [1.29, 1.82) is 0 Å². The number of hydrogen-bond donors (Lipinski definition) is 0. The van der Waals surface area contributed by atoms with Crippen molar-refractivity contribution in [1.82, 2.24) is 0 Å². The summed E-state index contributed by atoms with van der Waals surface area (Å²) in [5, 5.41) is 0. The van der Waals surface area contributed by atoms with Crippen LogP contribution >= 0.6 is 15.9 Å². The Kier molecular flexibility index (Phi) is 4.92. The Bertz CT molecular complexity index is 367. The van der Waals surface area contributed by atoms with Crippen LogP contribution in [-0.4, -0.2) is 9.04 Å². The van der Waals surface area contributed by atoms with Gasteiger partial charge in [-0.2, -0.15) is 0 Å². The van der Waals surface area contributed by atoms with E-state index in [0.29, 0.717) is 5.56 Å². The molecule has 0 N–H and O–H groups in total. The largest absolute Gasteiger partial charge is 0.410 e. The zero-order valence-corrected chi connectivity index (χ0v) is 13.6. The molecule has 0 aliphatic heterocycles. The highest BCUT2D eigenvalue weighted by molar-refractivity contribution is 9.10. The standard InChI is InChI=1S/C13H19BrFOSi/c1-13(2,3)12(16-17(4)5)11-9(14)7-6-8-10(11)15/h6-8,12H,1-5H3. The van der Waals surface area contributed by atoms with E-state index in [0.717, 1.165) is 4.47 Å². The molecule has 0 amide bonds. The van der Waals surface area contributed by atoms with E-state index in [1.807, 2.05) is 6.07 Å². The summed E-state index contributed by atoms with van der Waals surface area (Å²) >= 11 is 3.42. The molecule has 0 saturated heterocycles. The van der Waals surface area contributed by atoms with Gasteiger partial charge >= 0.3 is 0 Å². The Morgan fingerprint density at radius 2 is 1.88 bits per heavy atom. The van der Waals surface area contributed by atoms with Crippen LogP contribution in [0, 0.1) is 11.2 Å². The van der Waals surface area contributed by atoms with Crippen LogP contribution in [0.2, 0.25) is 13.1 Å². The maximum Gasteiger partial charge on any atom is 0.205 e. The molecule has 0 saturated carbocycles. The monoisotopic (exact) mass is 317 g/mol. The van der Waals surface area contributed by atoms with Gasteiger partial charge in [-0.15, -0.1) is 0 Å². The molecule has 1 nitrogen and oxygen atoms in total. The van der Waals surface area contributed by atoms with Crippen molar-refractivity contribution in [3.63, 3.8) is 0 Å². The first kappa shape index (κ1) is 14.9. The third kappa shape index (κ3) is 3.90. The first-order valence-corrected chi connectivity index (χ1v) is 8.84. The zero-order valence-electron chi connectivity index (χ0n) is 11.0. The normalized spacial score (nSPS) is 14.1. The van der Waals surface area contributed by atoms with Crippen LogP contribution in [0.15, 0.2) is 22.7 Å². The summed E-state index contributed by atoms with van der Waals surface area (Å²) in [6, 6.07) is 5.05. The summed E-state index contributed by atoms with van der Waals surface area (Å²) in [4.78, 5) is 0. The van der Waals surface area contributed by atoms with Gasteiger partial charge in [0.05, 0.1) is 6.10 Å². The second kappa shape index (κ2) is 5.63. The molecule has 0 heterocycles. The molecule has 0 spiro atoms. The van der Waals surface area contributed by atoms with E-state index in [4.69, 9.17) is 4.43 Å². The van der Waals surface area contributed by atoms with Crippen LogP contribution < -0.4 is 0 Å². The molecule has 0 bridgehead atoms. The van der Waals surface area contributed by atoms with Gasteiger partial charge in [-0.05, 0) is 30.6 Å². The fraction of sp³-hybridized carbons (Fsp3) is 0.538. The molecule has 1 unspecified atom stereocenters. The SMILES string of the molecule is C[Si](C)OC(c1c(F)cccc1Br)C(C)(C)C. The van der Waals surface area contributed by atoms with E-state index < -0.39 is 9.04 Å². The van der Waals surface area contributed by atoms with Gasteiger partial charge in [-0.25, -0.2) is 4.39 Å². The molecular formula is C13H19BrFOSi. The minimum Gasteiger partial charge on any atom is -0.410 e. The lowest BCUT2D eigenvalue weighted by Crippen LogP contribution is -2.27. The maximum absolute atomic E-state index is 14.0. The van der Waals surface area contributed by atoms with Crippen molar-refractivity contribution in [3.05, 3.63) is 34.1 Å². The fourth-order valence-corrected chi connectivity index (χ4v) is 3.16. The molecule has 1 radical (unpaired) electrons. The molecular weight excluding hydrogens is 299 g/mol.